The van der Waals surface area contributed by atoms with Crippen molar-refractivity contribution in [3.05, 3.63) is 47.8 Å². The number of aryl methyl sites for hydroxylation is 1. The van der Waals surface area contributed by atoms with Crippen molar-refractivity contribution in [2.24, 2.45) is 0 Å². The number of aliphatic hydroxyl groups excluding tert-OH is 1. The first kappa shape index (κ1) is 10.8. The number of rotatable bonds is 2. The molecule has 0 aliphatic rings. The summed E-state index contributed by atoms with van der Waals surface area (Å²) in [6.45, 7) is 3.38. The van der Waals surface area contributed by atoms with E-state index in [-0.39, 0.29) is 0 Å². The van der Waals surface area contributed by atoms with Crippen molar-refractivity contribution in [3.8, 4) is 5.69 Å². The molecule has 1 aromatic heterocycles. The van der Waals surface area contributed by atoms with Crippen LogP contribution in [0.3, 0.4) is 0 Å². The Kier molecular flexibility index (Phi) is 2.75. The highest BCUT2D eigenvalue weighted by Crippen LogP contribution is 2.25. The van der Waals surface area contributed by atoms with E-state index < -0.39 is 11.9 Å². The minimum absolute atomic E-state index is 0.295. The second-order valence-corrected chi connectivity index (χ2v) is 3.69. The topological polar surface area (TPSA) is 38.0 Å². The molecule has 0 radical (unpaired) electrons. The molecule has 0 unspecified atom stereocenters. The number of nitrogens with zero attached hydrogens (tertiary/aromatic N) is 2. The Morgan fingerprint density at radius 3 is 2.75 bits per heavy atom. The van der Waals surface area contributed by atoms with Gasteiger partial charge in [0.25, 0.3) is 0 Å². The van der Waals surface area contributed by atoms with Gasteiger partial charge in [-0.05, 0) is 26.0 Å². The molecule has 0 saturated heterocycles. The molecule has 16 heavy (non-hydrogen) atoms. The molecule has 1 heterocycles. The average molecular weight is 220 g/mol. The second-order valence-electron chi connectivity index (χ2n) is 3.69. The third-order valence-electron chi connectivity index (χ3n) is 2.53. The molecular formula is C12H13FN2O. The SMILES string of the molecule is Cc1nccn1-c1cccc(F)c1[C@@H](C)O. The van der Waals surface area contributed by atoms with Gasteiger partial charge in [0.2, 0.25) is 0 Å². The summed E-state index contributed by atoms with van der Waals surface area (Å²) in [6.07, 6.45) is 2.54. The highest BCUT2D eigenvalue weighted by Gasteiger charge is 2.15. The van der Waals surface area contributed by atoms with Crippen LogP contribution in [0.2, 0.25) is 0 Å². The van der Waals surface area contributed by atoms with Crippen LogP contribution in [0.4, 0.5) is 4.39 Å². The molecule has 84 valence electrons. The number of aromatic nitrogens is 2. The smallest absolute Gasteiger partial charge is 0.131 e. The minimum Gasteiger partial charge on any atom is -0.389 e. The first-order valence-corrected chi connectivity index (χ1v) is 5.08. The Bertz CT molecular complexity index is 505. The molecular weight excluding hydrogens is 207 g/mol. The van der Waals surface area contributed by atoms with Crippen LogP contribution in [0.5, 0.6) is 0 Å². The van der Waals surface area contributed by atoms with Gasteiger partial charge < -0.3 is 9.67 Å². The maximum atomic E-state index is 13.6. The largest absolute Gasteiger partial charge is 0.389 e. The van der Waals surface area contributed by atoms with Crippen molar-refractivity contribution in [3.63, 3.8) is 0 Å². The molecule has 1 N–H and O–H groups in total. The van der Waals surface area contributed by atoms with Crippen molar-refractivity contribution >= 4 is 0 Å². The van der Waals surface area contributed by atoms with Gasteiger partial charge in [-0.25, -0.2) is 9.37 Å². The Labute approximate surface area is 93.2 Å². The maximum Gasteiger partial charge on any atom is 0.131 e. The number of benzene rings is 1. The maximum absolute atomic E-state index is 13.6. The van der Waals surface area contributed by atoms with Crippen LogP contribution in [0.25, 0.3) is 5.69 Å². The second kappa shape index (κ2) is 4.06. The summed E-state index contributed by atoms with van der Waals surface area (Å²) in [6, 6.07) is 4.73. The lowest BCUT2D eigenvalue weighted by molar-refractivity contribution is 0.194. The molecule has 3 nitrogen and oxygen atoms in total. The lowest BCUT2D eigenvalue weighted by Gasteiger charge is -2.14. The Morgan fingerprint density at radius 2 is 2.19 bits per heavy atom. The van der Waals surface area contributed by atoms with Crippen LogP contribution >= 0.6 is 0 Å². The standard InChI is InChI=1S/C12H13FN2O/c1-8(16)12-10(13)4-3-5-11(12)15-7-6-14-9(15)2/h3-8,16H,1-2H3/t8-/m1/s1. The van der Waals surface area contributed by atoms with Gasteiger partial charge in [-0.1, -0.05) is 6.07 Å². The van der Waals surface area contributed by atoms with E-state index in [1.807, 2.05) is 6.92 Å². The Balaban J connectivity index is 2.66. The summed E-state index contributed by atoms with van der Waals surface area (Å²) in [5.74, 6) is 0.355. The third-order valence-corrected chi connectivity index (χ3v) is 2.53. The van der Waals surface area contributed by atoms with Crippen LogP contribution in [0.15, 0.2) is 30.6 Å². The molecule has 1 atom stereocenters. The molecule has 1 aromatic carbocycles. The van der Waals surface area contributed by atoms with Crippen LogP contribution in [-0.4, -0.2) is 14.7 Å². The molecule has 2 aromatic rings. The lowest BCUT2D eigenvalue weighted by atomic mass is 10.1. The normalized spacial score (nSPS) is 12.8. The highest BCUT2D eigenvalue weighted by molar-refractivity contribution is 5.44. The van der Waals surface area contributed by atoms with E-state index in [0.717, 1.165) is 5.82 Å². The van der Waals surface area contributed by atoms with Gasteiger partial charge in [-0.3, -0.25) is 0 Å². The van der Waals surface area contributed by atoms with Crippen molar-refractivity contribution in [1.82, 2.24) is 9.55 Å². The van der Waals surface area contributed by atoms with Crippen molar-refractivity contribution in [1.29, 1.82) is 0 Å². The highest BCUT2D eigenvalue weighted by atomic mass is 19.1. The number of halogens is 1. The van der Waals surface area contributed by atoms with E-state index in [1.165, 1.54) is 6.07 Å². The number of hydrogen-bond acceptors (Lipinski definition) is 2. The predicted molar refractivity (Wildman–Crippen MR) is 58.9 cm³/mol. The van der Waals surface area contributed by atoms with Gasteiger partial charge in [0.15, 0.2) is 0 Å². The molecule has 2 rings (SSSR count). The van der Waals surface area contributed by atoms with Gasteiger partial charge >= 0.3 is 0 Å². The summed E-state index contributed by atoms with van der Waals surface area (Å²) in [5.41, 5.74) is 0.925. The molecule has 0 aliphatic heterocycles. The number of imidazole rings is 1. The van der Waals surface area contributed by atoms with Crippen molar-refractivity contribution in [2.45, 2.75) is 20.0 Å². The number of hydrogen-bond donors (Lipinski definition) is 1. The van der Waals surface area contributed by atoms with Crippen molar-refractivity contribution < 1.29 is 9.50 Å². The lowest BCUT2D eigenvalue weighted by Crippen LogP contribution is -2.05. The van der Waals surface area contributed by atoms with Gasteiger partial charge in [0.05, 0.1) is 11.8 Å². The molecule has 0 amide bonds. The predicted octanol–water partition coefficient (Wildman–Crippen LogP) is 2.37. The van der Waals surface area contributed by atoms with Crippen molar-refractivity contribution in [2.75, 3.05) is 0 Å². The van der Waals surface area contributed by atoms with E-state index in [9.17, 15) is 9.50 Å². The zero-order chi connectivity index (χ0) is 11.7. The zero-order valence-electron chi connectivity index (χ0n) is 9.18. The summed E-state index contributed by atoms with van der Waals surface area (Å²) in [7, 11) is 0. The summed E-state index contributed by atoms with van der Waals surface area (Å²) >= 11 is 0. The average Bonchev–Trinajstić information content (AvgIpc) is 2.63. The van der Waals surface area contributed by atoms with Gasteiger partial charge in [-0.2, -0.15) is 0 Å². The van der Waals surface area contributed by atoms with E-state index in [2.05, 4.69) is 4.98 Å². The zero-order valence-corrected chi connectivity index (χ0v) is 9.18. The fourth-order valence-corrected chi connectivity index (χ4v) is 1.78. The van der Waals surface area contributed by atoms with E-state index in [0.29, 0.717) is 11.3 Å². The van der Waals surface area contributed by atoms with Gasteiger partial charge in [-0.15, -0.1) is 0 Å². The first-order chi connectivity index (χ1) is 7.61. The van der Waals surface area contributed by atoms with Crippen LogP contribution in [-0.2, 0) is 0 Å². The molecule has 0 aliphatic carbocycles. The van der Waals surface area contributed by atoms with Gasteiger partial charge in [0.1, 0.15) is 11.6 Å². The van der Waals surface area contributed by atoms with E-state index in [4.69, 9.17) is 0 Å². The van der Waals surface area contributed by atoms with E-state index in [1.54, 1.807) is 36.0 Å². The number of aliphatic hydroxyl groups is 1. The first-order valence-electron chi connectivity index (χ1n) is 5.08. The fourth-order valence-electron chi connectivity index (χ4n) is 1.78. The van der Waals surface area contributed by atoms with E-state index >= 15 is 0 Å². The van der Waals surface area contributed by atoms with Crippen LogP contribution < -0.4 is 0 Å². The molecule has 4 heteroatoms. The summed E-state index contributed by atoms with van der Waals surface area (Å²) < 4.78 is 15.4. The molecule has 0 fully saturated rings. The van der Waals surface area contributed by atoms with Crippen LogP contribution in [0.1, 0.15) is 24.4 Å². The quantitative estimate of drug-likeness (QED) is 0.843. The molecule has 0 bridgehead atoms. The summed E-state index contributed by atoms with van der Waals surface area (Å²) in [4.78, 5) is 4.08. The summed E-state index contributed by atoms with van der Waals surface area (Å²) in [5, 5.41) is 9.60. The monoisotopic (exact) mass is 220 g/mol. The minimum atomic E-state index is -0.849. The van der Waals surface area contributed by atoms with Crippen LogP contribution in [0, 0.1) is 12.7 Å². The fraction of sp³-hybridized carbons (Fsp3) is 0.250. The Morgan fingerprint density at radius 1 is 1.44 bits per heavy atom. The molecule has 0 spiro atoms. The molecule has 0 saturated carbocycles. The Hall–Kier alpha value is -1.68. The third kappa shape index (κ3) is 1.72. The van der Waals surface area contributed by atoms with Gasteiger partial charge in [0, 0.05) is 18.0 Å².